The van der Waals surface area contributed by atoms with Gasteiger partial charge in [0.15, 0.2) is 0 Å². The van der Waals surface area contributed by atoms with E-state index in [1.807, 2.05) is 35.7 Å². The van der Waals surface area contributed by atoms with Crippen LogP contribution in [0.3, 0.4) is 0 Å². The fourth-order valence-corrected chi connectivity index (χ4v) is 2.91. The van der Waals surface area contributed by atoms with E-state index in [0.29, 0.717) is 19.5 Å². The number of rotatable bonds is 3. The van der Waals surface area contributed by atoms with Crippen LogP contribution in [0.4, 0.5) is 0 Å². The average molecular weight is 301 g/mol. The van der Waals surface area contributed by atoms with E-state index in [0.717, 1.165) is 11.3 Å². The molecule has 1 unspecified atom stereocenters. The third-order valence-corrected chi connectivity index (χ3v) is 4.08. The van der Waals surface area contributed by atoms with E-state index in [-0.39, 0.29) is 11.8 Å². The molecule has 21 heavy (non-hydrogen) atoms. The van der Waals surface area contributed by atoms with Crippen molar-refractivity contribution in [3.63, 3.8) is 0 Å². The van der Waals surface area contributed by atoms with Crippen LogP contribution in [0, 0.1) is 0 Å². The molecule has 108 valence electrons. The van der Waals surface area contributed by atoms with E-state index in [1.54, 1.807) is 10.4 Å². The number of carbonyl (C=O) groups is 2. The minimum absolute atomic E-state index is 0.0833. The molecule has 1 aromatic carbocycles. The normalized spacial score (nSPS) is 19.2. The first-order valence-electron chi connectivity index (χ1n) is 6.74. The van der Waals surface area contributed by atoms with Gasteiger partial charge in [-0.3, -0.25) is 9.59 Å². The first kappa shape index (κ1) is 13.8. The molecule has 2 amide bonds. The molecule has 1 atom stereocenters. The Bertz CT molecular complexity index is 628. The summed E-state index contributed by atoms with van der Waals surface area (Å²) < 4.78 is 0. The van der Waals surface area contributed by atoms with Crippen LogP contribution in [0.25, 0.3) is 0 Å². The molecule has 1 fully saturated rings. The van der Waals surface area contributed by atoms with Gasteiger partial charge in [-0.1, -0.05) is 30.3 Å². The zero-order chi connectivity index (χ0) is 14.7. The van der Waals surface area contributed by atoms with Crippen molar-refractivity contribution in [2.24, 2.45) is 0 Å². The second kappa shape index (κ2) is 6.05. The Morgan fingerprint density at radius 3 is 2.81 bits per heavy atom. The van der Waals surface area contributed by atoms with Gasteiger partial charge < -0.3 is 10.2 Å². The van der Waals surface area contributed by atoms with E-state index < -0.39 is 6.04 Å². The summed E-state index contributed by atoms with van der Waals surface area (Å²) in [5, 5.41) is 4.73. The van der Waals surface area contributed by atoms with Crippen molar-refractivity contribution in [1.82, 2.24) is 15.2 Å². The van der Waals surface area contributed by atoms with Gasteiger partial charge in [-0.15, -0.1) is 11.3 Å². The van der Waals surface area contributed by atoms with Gasteiger partial charge in [0.1, 0.15) is 6.04 Å². The fourth-order valence-electron chi connectivity index (χ4n) is 2.36. The Hall–Kier alpha value is -2.21. The Morgan fingerprint density at radius 1 is 1.29 bits per heavy atom. The molecule has 5 nitrogen and oxygen atoms in total. The summed E-state index contributed by atoms with van der Waals surface area (Å²) in [7, 11) is 0. The first-order chi connectivity index (χ1) is 10.2. The molecular formula is C15H15N3O2S. The lowest BCUT2D eigenvalue weighted by molar-refractivity contribution is -0.134. The number of nitrogens with one attached hydrogen (secondary N) is 1. The average Bonchev–Trinajstić information content (AvgIpc) is 2.97. The largest absolute Gasteiger partial charge is 0.340 e. The Balaban J connectivity index is 1.85. The third-order valence-electron chi connectivity index (χ3n) is 3.44. The predicted octanol–water partition coefficient (Wildman–Crippen LogP) is 1.73. The highest BCUT2D eigenvalue weighted by Gasteiger charge is 2.31. The van der Waals surface area contributed by atoms with Gasteiger partial charge in [0, 0.05) is 18.3 Å². The van der Waals surface area contributed by atoms with Gasteiger partial charge in [0.25, 0.3) is 0 Å². The second-order valence-electron chi connectivity index (χ2n) is 4.90. The van der Waals surface area contributed by atoms with Crippen LogP contribution < -0.4 is 5.32 Å². The molecule has 0 radical (unpaired) electrons. The van der Waals surface area contributed by atoms with Crippen molar-refractivity contribution in [3.8, 4) is 0 Å². The lowest BCUT2D eigenvalue weighted by Crippen LogP contribution is -2.38. The first-order valence-corrected chi connectivity index (χ1v) is 7.68. The molecule has 2 aromatic rings. The lowest BCUT2D eigenvalue weighted by Gasteiger charge is -2.23. The number of nitrogens with zero attached hydrogens (tertiary/aromatic N) is 2. The van der Waals surface area contributed by atoms with E-state index in [9.17, 15) is 9.59 Å². The van der Waals surface area contributed by atoms with Gasteiger partial charge in [0.2, 0.25) is 11.8 Å². The number of aromatic nitrogens is 1. The highest BCUT2D eigenvalue weighted by atomic mass is 32.1. The van der Waals surface area contributed by atoms with Crippen molar-refractivity contribution in [2.45, 2.75) is 19.0 Å². The molecule has 0 bridgehead atoms. The molecule has 6 heteroatoms. The molecule has 0 spiro atoms. The predicted molar refractivity (Wildman–Crippen MR) is 79.5 cm³/mol. The molecule has 2 heterocycles. The minimum atomic E-state index is -0.611. The molecule has 1 aliphatic rings. The number of thiazole rings is 1. The van der Waals surface area contributed by atoms with Crippen molar-refractivity contribution in [1.29, 1.82) is 0 Å². The molecule has 0 saturated carbocycles. The molecule has 0 aliphatic carbocycles. The number of amides is 2. The Kier molecular flexibility index (Phi) is 3.96. The highest BCUT2D eigenvalue weighted by Crippen LogP contribution is 2.20. The molecule has 1 aliphatic heterocycles. The molecular weight excluding hydrogens is 286 g/mol. The maximum atomic E-state index is 12.7. The number of hydrogen-bond donors (Lipinski definition) is 1. The monoisotopic (exact) mass is 301 g/mol. The summed E-state index contributed by atoms with van der Waals surface area (Å²) in [5.41, 5.74) is 3.41. The molecule has 1 aromatic heterocycles. The van der Waals surface area contributed by atoms with Crippen molar-refractivity contribution >= 4 is 23.2 Å². The number of carbonyl (C=O) groups excluding carboxylic acids is 2. The van der Waals surface area contributed by atoms with Crippen LogP contribution in [-0.2, 0) is 16.1 Å². The summed E-state index contributed by atoms with van der Waals surface area (Å²) in [6.07, 6.45) is 0.319. The summed E-state index contributed by atoms with van der Waals surface area (Å²) in [5.74, 6) is -0.182. The van der Waals surface area contributed by atoms with E-state index in [1.165, 1.54) is 11.3 Å². The van der Waals surface area contributed by atoms with Crippen LogP contribution in [0.1, 0.15) is 23.7 Å². The van der Waals surface area contributed by atoms with E-state index in [2.05, 4.69) is 10.3 Å². The zero-order valence-electron chi connectivity index (χ0n) is 11.4. The van der Waals surface area contributed by atoms with Gasteiger partial charge in [0.05, 0.1) is 17.7 Å². The van der Waals surface area contributed by atoms with Crippen LogP contribution in [0.2, 0.25) is 0 Å². The maximum absolute atomic E-state index is 12.7. The van der Waals surface area contributed by atoms with Crippen LogP contribution in [-0.4, -0.2) is 28.2 Å². The minimum Gasteiger partial charge on any atom is -0.340 e. The fraction of sp³-hybridized carbons (Fsp3) is 0.267. The molecule has 1 saturated heterocycles. The van der Waals surface area contributed by atoms with Crippen LogP contribution >= 0.6 is 11.3 Å². The summed E-state index contributed by atoms with van der Waals surface area (Å²) >= 11 is 1.50. The molecule has 1 N–H and O–H groups in total. The second-order valence-corrected chi connectivity index (χ2v) is 5.62. The number of hydrogen-bond acceptors (Lipinski definition) is 4. The van der Waals surface area contributed by atoms with E-state index in [4.69, 9.17) is 0 Å². The molecule has 3 rings (SSSR count). The Labute approximate surface area is 126 Å². The topological polar surface area (TPSA) is 62.3 Å². The summed E-state index contributed by atoms with van der Waals surface area (Å²) in [6.45, 7) is 0.867. The van der Waals surface area contributed by atoms with Gasteiger partial charge in [-0.25, -0.2) is 4.98 Å². The number of benzene rings is 1. The van der Waals surface area contributed by atoms with Gasteiger partial charge in [-0.05, 0) is 5.56 Å². The van der Waals surface area contributed by atoms with Crippen LogP contribution in [0.15, 0.2) is 41.2 Å². The summed E-state index contributed by atoms with van der Waals surface area (Å²) in [6, 6.07) is 8.72. The quantitative estimate of drug-likeness (QED) is 0.939. The zero-order valence-corrected chi connectivity index (χ0v) is 12.2. The maximum Gasteiger partial charge on any atom is 0.250 e. The van der Waals surface area contributed by atoms with E-state index >= 15 is 0 Å². The van der Waals surface area contributed by atoms with Gasteiger partial charge in [-0.2, -0.15) is 0 Å². The van der Waals surface area contributed by atoms with Crippen LogP contribution in [0.5, 0.6) is 0 Å². The SMILES string of the molecule is O=C1CCN(Cc2cscn2)C(=O)C(c2ccccc2)N1. The smallest absolute Gasteiger partial charge is 0.250 e. The highest BCUT2D eigenvalue weighted by molar-refractivity contribution is 7.07. The lowest BCUT2D eigenvalue weighted by atomic mass is 10.1. The third kappa shape index (κ3) is 3.11. The van der Waals surface area contributed by atoms with Crippen molar-refractivity contribution in [2.75, 3.05) is 6.54 Å². The summed E-state index contributed by atoms with van der Waals surface area (Å²) in [4.78, 5) is 30.5. The van der Waals surface area contributed by atoms with Crippen molar-refractivity contribution in [3.05, 3.63) is 52.5 Å². The Morgan fingerprint density at radius 2 is 2.10 bits per heavy atom. The van der Waals surface area contributed by atoms with Gasteiger partial charge >= 0.3 is 0 Å². The standard InChI is InChI=1S/C15H15N3O2S/c19-13-6-7-18(8-12-9-21-10-16-12)15(20)14(17-13)11-4-2-1-3-5-11/h1-5,9-10,14H,6-8H2,(H,17,19). The van der Waals surface area contributed by atoms with Crippen molar-refractivity contribution < 1.29 is 9.59 Å².